The Balaban J connectivity index is 0.00000232. The summed E-state index contributed by atoms with van der Waals surface area (Å²) in [6.45, 7) is 18.8. The van der Waals surface area contributed by atoms with E-state index in [9.17, 15) is 0 Å². The fourth-order valence-electron chi connectivity index (χ4n) is 4.77. The summed E-state index contributed by atoms with van der Waals surface area (Å²) in [4.78, 5) is 0. The van der Waals surface area contributed by atoms with Crippen molar-refractivity contribution in [3.05, 3.63) is 0 Å². The molecule has 0 N–H and O–H groups in total. The zero-order chi connectivity index (χ0) is 17.9. The predicted octanol–water partition coefficient (Wildman–Crippen LogP) is 8.50. The highest BCUT2D eigenvalue weighted by Gasteiger charge is 2.36. The van der Waals surface area contributed by atoms with E-state index in [-0.39, 0.29) is 0 Å². The summed E-state index contributed by atoms with van der Waals surface area (Å²) in [6.07, 6.45) is 14.4. The van der Waals surface area contributed by atoms with Crippen LogP contribution in [-0.4, -0.2) is 0 Å². The molecule has 0 heteroatoms. The molecule has 4 unspecified atom stereocenters. The molecule has 23 heavy (non-hydrogen) atoms. The van der Waals surface area contributed by atoms with Gasteiger partial charge in [0.25, 0.3) is 0 Å². The van der Waals surface area contributed by atoms with Crippen LogP contribution in [0.2, 0.25) is 0 Å². The lowest BCUT2D eigenvalue weighted by molar-refractivity contribution is 0.0706. The van der Waals surface area contributed by atoms with Crippen LogP contribution in [0, 0.1) is 29.1 Å². The third-order valence-electron chi connectivity index (χ3n) is 6.32. The number of rotatable bonds is 9. The van der Waals surface area contributed by atoms with Gasteiger partial charge in [0, 0.05) is 0 Å². The Morgan fingerprint density at radius 2 is 1.52 bits per heavy atom. The van der Waals surface area contributed by atoms with Crippen molar-refractivity contribution in [2.45, 2.75) is 120 Å². The maximum Gasteiger partial charge on any atom is -0.0323 e. The van der Waals surface area contributed by atoms with Crippen LogP contribution in [0.5, 0.6) is 0 Å². The molecule has 0 bridgehead atoms. The van der Waals surface area contributed by atoms with Crippen LogP contribution >= 0.6 is 0 Å². The molecule has 1 rings (SSSR count). The molecular weight excluding hydrogens is 276 g/mol. The zero-order valence-electron chi connectivity index (χ0n) is 17.9. The van der Waals surface area contributed by atoms with Crippen molar-refractivity contribution >= 4 is 0 Å². The molecule has 0 amide bonds. The van der Waals surface area contributed by atoms with Crippen molar-refractivity contribution in [1.82, 2.24) is 0 Å². The van der Waals surface area contributed by atoms with E-state index in [1.165, 1.54) is 64.2 Å². The van der Waals surface area contributed by atoms with Crippen molar-refractivity contribution in [1.29, 1.82) is 0 Å². The van der Waals surface area contributed by atoms with Gasteiger partial charge in [-0.25, -0.2) is 0 Å². The minimum absolute atomic E-state index is 0.590. The van der Waals surface area contributed by atoms with Crippen LogP contribution in [0.25, 0.3) is 0 Å². The Kier molecular flexibility index (Phi) is 12.4. The van der Waals surface area contributed by atoms with E-state index >= 15 is 0 Å². The molecular formula is C23H48. The topological polar surface area (TPSA) is 0 Å². The number of hydrogen-bond acceptors (Lipinski definition) is 0. The summed E-state index contributed by atoms with van der Waals surface area (Å²) in [5.74, 6) is 3.79. The van der Waals surface area contributed by atoms with Crippen LogP contribution in [0.1, 0.15) is 120 Å². The fraction of sp³-hybridized carbons (Fsp3) is 1.00. The standard InChI is InChI=1S/C21H42.C2H6/c1-7-10-17(2)11-8-12-18(3)14-15-20-19(4)13-9-16-21(20,5)6;1-2/h17-20H,7-16H2,1-6H3;1-2H3. The first-order chi connectivity index (χ1) is 10.9. The van der Waals surface area contributed by atoms with E-state index in [4.69, 9.17) is 0 Å². The van der Waals surface area contributed by atoms with Gasteiger partial charge in [-0.15, -0.1) is 0 Å². The minimum atomic E-state index is 0.590. The van der Waals surface area contributed by atoms with Gasteiger partial charge in [0.15, 0.2) is 0 Å². The molecule has 1 saturated carbocycles. The van der Waals surface area contributed by atoms with Gasteiger partial charge in [-0.1, -0.05) is 107 Å². The van der Waals surface area contributed by atoms with Crippen LogP contribution in [0.15, 0.2) is 0 Å². The maximum absolute atomic E-state index is 2.52. The van der Waals surface area contributed by atoms with E-state index in [1.54, 1.807) is 0 Å². The molecule has 0 aromatic heterocycles. The fourth-order valence-corrected chi connectivity index (χ4v) is 4.77. The molecule has 0 aromatic rings. The highest BCUT2D eigenvalue weighted by molar-refractivity contribution is 4.86. The highest BCUT2D eigenvalue weighted by Crippen LogP contribution is 2.46. The van der Waals surface area contributed by atoms with E-state index in [0.717, 1.165) is 23.7 Å². The molecule has 1 fully saturated rings. The maximum atomic E-state index is 2.52. The van der Waals surface area contributed by atoms with E-state index in [1.807, 2.05) is 13.8 Å². The number of hydrogen-bond donors (Lipinski definition) is 0. The second kappa shape index (κ2) is 12.4. The molecule has 1 aliphatic carbocycles. The quantitative estimate of drug-likeness (QED) is 0.399. The molecule has 1 aliphatic rings. The molecule has 0 aliphatic heterocycles. The first-order valence-corrected chi connectivity index (χ1v) is 10.9. The van der Waals surface area contributed by atoms with Crippen LogP contribution < -0.4 is 0 Å². The first kappa shape index (κ1) is 23.0. The van der Waals surface area contributed by atoms with Gasteiger partial charge in [0.2, 0.25) is 0 Å². The van der Waals surface area contributed by atoms with Crippen molar-refractivity contribution in [2.75, 3.05) is 0 Å². The Morgan fingerprint density at radius 3 is 2.04 bits per heavy atom. The largest absolute Gasteiger partial charge is 0.0683 e. The third kappa shape index (κ3) is 9.16. The van der Waals surface area contributed by atoms with Crippen LogP contribution in [0.3, 0.4) is 0 Å². The molecule has 140 valence electrons. The summed E-state index contributed by atoms with van der Waals surface area (Å²) >= 11 is 0. The Morgan fingerprint density at radius 1 is 0.957 bits per heavy atom. The second-order valence-corrected chi connectivity index (χ2v) is 8.97. The Labute approximate surface area is 149 Å². The SMILES string of the molecule is CC.CCCC(C)CCCC(C)CCC1C(C)CCCC1(C)C. The lowest BCUT2D eigenvalue weighted by Crippen LogP contribution is -2.33. The van der Waals surface area contributed by atoms with Crippen molar-refractivity contribution in [2.24, 2.45) is 29.1 Å². The van der Waals surface area contributed by atoms with Gasteiger partial charge >= 0.3 is 0 Å². The molecule has 0 nitrogen and oxygen atoms in total. The Bertz CT molecular complexity index is 265. The summed E-state index contributed by atoms with van der Waals surface area (Å²) in [6, 6.07) is 0. The normalized spacial score (nSPS) is 26.1. The lowest BCUT2D eigenvalue weighted by Gasteiger charge is -2.43. The van der Waals surface area contributed by atoms with E-state index in [0.29, 0.717) is 5.41 Å². The van der Waals surface area contributed by atoms with Crippen LogP contribution in [-0.2, 0) is 0 Å². The predicted molar refractivity (Wildman–Crippen MR) is 108 cm³/mol. The van der Waals surface area contributed by atoms with E-state index in [2.05, 4.69) is 41.5 Å². The van der Waals surface area contributed by atoms with Gasteiger partial charge < -0.3 is 0 Å². The summed E-state index contributed by atoms with van der Waals surface area (Å²) in [5.41, 5.74) is 0.590. The second-order valence-electron chi connectivity index (χ2n) is 8.97. The van der Waals surface area contributed by atoms with Gasteiger partial charge in [-0.2, -0.15) is 0 Å². The smallest absolute Gasteiger partial charge is 0.0323 e. The Hall–Kier alpha value is 0. The lowest BCUT2D eigenvalue weighted by atomic mass is 9.62. The average Bonchev–Trinajstić information content (AvgIpc) is 2.48. The molecule has 0 spiro atoms. The average molecular weight is 325 g/mol. The van der Waals surface area contributed by atoms with Crippen molar-refractivity contribution < 1.29 is 0 Å². The zero-order valence-corrected chi connectivity index (χ0v) is 17.9. The summed E-state index contributed by atoms with van der Waals surface area (Å²) in [7, 11) is 0. The summed E-state index contributed by atoms with van der Waals surface area (Å²) in [5, 5.41) is 0. The van der Waals surface area contributed by atoms with Crippen molar-refractivity contribution in [3.8, 4) is 0 Å². The highest BCUT2D eigenvalue weighted by atomic mass is 14.4. The van der Waals surface area contributed by atoms with Crippen LogP contribution in [0.4, 0.5) is 0 Å². The minimum Gasteiger partial charge on any atom is -0.0683 e. The van der Waals surface area contributed by atoms with E-state index < -0.39 is 0 Å². The summed E-state index contributed by atoms with van der Waals surface area (Å²) < 4.78 is 0. The van der Waals surface area contributed by atoms with Crippen molar-refractivity contribution in [3.63, 3.8) is 0 Å². The molecule has 0 aromatic carbocycles. The van der Waals surface area contributed by atoms with Gasteiger partial charge in [-0.05, 0) is 41.9 Å². The van der Waals surface area contributed by atoms with Gasteiger partial charge in [-0.3, -0.25) is 0 Å². The monoisotopic (exact) mass is 324 g/mol. The molecule has 0 radical (unpaired) electrons. The molecule has 0 heterocycles. The molecule has 0 saturated heterocycles. The van der Waals surface area contributed by atoms with Gasteiger partial charge in [0.1, 0.15) is 0 Å². The van der Waals surface area contributed by atoms with Gasteiger partial charge in [0.05, 0.1) is 0 Å². The molecule has 4 atom stereocenters. The third-order valence-corrected chi connectivity index (χ3v) is 6.32. The first-order valence-electron chi connectivity index (χ1n) is 10.9.